The first-order valence-electron chi connectivity index (χ1n) is 6.30. The molecular weight excluding hydrogens is 260 g/mol. The number of rotatable bonds is 0. The summed E-state index contributed by atoms with van der Waals surface area (Å²) in [4.78, 5) is 25.0. The first-order valence-corrected chi connectivity index (χ1v) is 6.30. The second kappa shape index (κ2) is 4.96. The highest BCUT2D eigenvalue weighted by Crippen LogP contribution is 2.20. The van der Waals surface area contributed by atoms with Gasteiger partial charge in [-0.1, -0.05) is 0 Å². The third kappa shape index (κ3) is 2.79. The van der Waals surface area contributed by atoms with Gasteiger partial charge in [-0.3, -0.25) is 4.79 Å². The quantitative estimate of drug-likeness (QED) is 0.760. The van der Waals surface area contributed by atoms with Crippen molar-refractivity contribution in [1.82, 2.24) is 15.1 Å². The molecule has 106 valence electrons. The van der Waals surface area contributed by atoms with E-state index < -0.39 is 17.3 Å². The van der Waals surface area contributed by atoms with Gasteiger partial charge in [-0.15, -0.1) is 0 Å². The van der Waals surface area contributed by atoms with E-state index in [0.717, 1.165) is 0 Å². The second-order valence-electron chi connectivity index (χ2n) is 5.62. The van der Waals surface area contributed by atoms with Crippen molar-refractivity contribution in [2.24, 2.45) is 0 Å². The van der Waals surface area contributed by atoms with Gasteiger partial charge >= 0.3 is 6.09 Å². The number of ether oxygens (including phenoxy) is 1. The number of fused-ring (bicyclic) bond motifs is 1. The van der Waals surface area contributed by atoms with E-state index in [9.17, 15) is 9.59 Å². The van der Waals surface area contributed by atoms with E-state index in [0.29, 0.717) is 24.2 Å². The van der Waals surface area contributed by atoms with Crippen molar-refractivity contribution in [1.29, 1.82) is 5.26 Å². The summed E-state index contributed by atoms with van der Waals surface area (Å²) in [5, 5.41) is 15.2. The number of aromatic amines is 1. The fourth-order valence-electron chi connectivity index (χ4n) is 2.03. The fourth-order valence-corrected chi connectivity index (χ4v) is 2.03. The maximum atomic E-state index is 12.0. The van der Waals surface area contributed by atoms with Gasteiger partial charge in [-0.05, 0) is 27.2 Å². The first kappa shape index (κ1) is 14.1. The molecule has 1 aromatic heterocycles. The van der Waals surface area contributed by atoms with Crippen molar-refractivity contribution in [3.8, 4) is 6.07 Å². The lowest BCUT2D eigenvalue weighted by molar-refractivity contribution is 0.0220. The van der Waals surface area contributed by atoms with Gasteiger partial charge in [0, 0.05) is 12.1 Å². The zero-order valence-corrected chi connectivity index (χ0v) is 11.7. The summed E-state index contributed by atoms with van der Waals surface area (Å²) in [5.41, 5.74) is 0.193. The largest absolute Gasteiger partial charge is 0.444 e. The molecule has 0 radical (unpaired) electrons. The topological polar surface area (TPSA) is 99.1 Å². The van der Waals surface area contributed by atoms with E-state index >= 15 is 0 Å². The number of carbonyl (C=O) groups is 1. The van der Waals surface area contributed by atoms with E-state index in [1.807, 2.05) is 6.07 Å². The van der Waals surface area contributed by atoms with Crippen LogP contribution in [0.4, 0.5) is 4.79 Å². The Morgan fingerprint density at radius 1 is 1.50 bits per heavy atom. The molecule has 20 heavy (non-hydrogen) atoms. The van der Waals surface area contributed by atoms with Crippen molar-refractivity contribution in [2.45, 2.75) is 39.3 Å². The normalized spacial score (nSPS) is 14.4. The molecule has 0 spiro atoms. The van der Waals surface area contributed by atoms with E-state index in [2.05, 4.69) is 10.2 Å². The van der Waals surface area contributed by atoms with E-state index in [1.54, 1.807) is 20.8 Å². The van der Waals surface area contributed by atoms with Crippen LogP contribution in [0, 0.1) is 11.3 Å². The van der Waals surface area contributed by atoms with Gasteiger partial charge in [0.15, 0.2) is 0 Å². The molecule has 2 rings (SSSR count). The van der Waals surface area contributed by atoms with Gasteiger partial charge in [0.1, 0.15) is 17.2 Å². The van der Waals surface area contributed by atoms with Crippen molar-refractivity contribution < 1.29 is 9.53 Å². The Hall–Kier alpha value is -2.36. The summed E-state index contributed by atoms with van der Waals surface area (Å²) in [7, 11) is 0. The molecule has 0 fully saturated rings. The van der Waals surface area contributed by atoms with Crippen molar-refractivity contribution in [3.05, 3.63) is 27.2 Å². The second-order valence-corrected chi connectivity index (χ2v) is 5.62. The van der Waals surface area contributed by atoms with Crippen LogP contribution in [-0.2, 0) is 17.7 Å². The van der Waals surface area contributed by atoms with Crippen molar-refractivity contribution in [2.75, 3.05) is 6.54 Å². The van der Waals surface area contributed by atoms with Crippen LogP contribution in [0.2, 0.25) is 0 Å². The van der Waals surface area contributed by atoms with Gasteiger partial charge in [0.2, 0.25) is 0 Å². The summed E-state index contributed by atoms with van der Waals surface area (Å²) in [6, 6.07) is 1.89. The van der Waals surface area contributed by atoms with Gasteiger partial charge in [-0.25, -0.2) is 9.89 Å². The molecule has 0 atom stereocenters. The monoisotopic (exact) mass is 276 g/mol. The number of nitrogens with one attached hydrogen (secondary N) is 1. The minimum Gasteiger partial charge on any atom is -0.444 e. The molecule has 0 unspecified atom stereocenters. The summed E-state index contributed by atoms with van der Waals surface area (Å²) in [6.45, 7) is 6.03. The van der Waals surface area contributed by atoms with Crippen molar-refractivity contribution >= 4 is 6.09 Å². The van der Waals surface area contributed by atoms with Crippen molar-refractivity contribution in [3.63, 3.8) is 0 Å². The first-order chi connectivity index (χ1) is 9.31. The Morgan fingerprint density at radius 2 is 2.20 bits per heavy atom. The molecule has 0 saturated carbocycles. The number of carbonyl (C=O) groups excluding carboxylic acids is 1. The van der Waals surface area contributed by atoms with Crippen LogP contribution < -0.4 is 5.56 Å². The predicted molar refractivity (Wildman–Crippen MR) is 69.9 cm³/mol. The van der Waals surface area contributed by atoms with Crippen LogP contribution in [0.25, 0.3) is 0 Å². The molecule has 7 heteroatoms. The van der Waals surface area contributed by atoms with Gasteiger partial charge in [-0.2, -0.15) is 10.4 Å². The Morgan fingerprint density at radius 3 is 2.80 bits per heavy atom. The van der Waals surface area contributed by atoms with Gasteiger partial charge in [0.05, 0.1) is 12.2 Å². The van der Waals surface area contributed by atoms with Crippen LogP contribution in [0.3, 0.4) is 0 Å². The lowest BCUT2D eigenvalue weighted by atomic mass is 10.0. The third-order valence-corrected chi connectivity index (χ3v) is 2.91. The molecule has 0 aromatic carbocycles. The van der Waals surface area contributed by atoms with Gasteiger partial charge in [0.25, 0.3) is 5.56 Å². The molecular formula is C13H16N4O3. The number of nitriles is 1. The lowest BCUT2D eigenvalue weighted by Gasteiger charge is -2.30. The smallest absolute Gasteiger partial charge is 0.410 e. The zero-order valence-electron chi connectivity index (χ0n) is 11.7. The molecule has 1 aromatic rings. The molecule has 1 aliphatic rings. The minimum atomic E-state index is -0.562. The van der Waals surface area contributed by atoms with Crippen LogP contribution in [0.5, 0.6) is 0 Å². The zero-order chi connectivity index (χ0) is 14.9. The Balaban J connectivity index is 2.23. The Bertz CT molecular complexity index is 636. The van der Waals surface area contributed by atoms with E-state index in [-0.39, 0.29) is 12.1 Å². The SMILES string of the molecule is CC(C)(C)OC(=O)N1CCc2c(n[nH]c(=O)c2C#N)C1. The van der Waals surface area contributed by atoms with Gasteiger partial charge < -0.3 is 9.64 Å². The molecule has 7 nitrogen and oxygen atoms in total. The number of nitrogens with zero attached hydrogens (tertiary/aromatic N) is 3. The number of amides is 1. The standard InChI is InChI=1S/C13H16N4O3/c1-13(2,3)20-12(19)17-5-4-8-9(6-14)11(18)16-15-10(8)7-17/h4-5,7H2,1-3H3,(H,16,18). The summed E-state index contributed by atoms with van der Waals surface area (Å²) < 4.78 is 5.29. The summed E-state index contributed by atoms with van der Waals surface area (Å²) in [5.74, 6) is 0. The van der Waals surface area contributed by atoms with E-state index in [4.69, 9.17) is 10.00 Å². The van der Waals surface area contributed by atoms with E-state index in [1.165, 1.54) is 4.90 Å². The molecule has 0 saturated heterocycles. The number of aromatic nitrogens is 2. The van der Waals surface area contributed by atoms with Crippen LogP contribution in [0.1, 0.15) is 37.6 Å². The maximum Gasteiger partial charge on any atom is 0.410 e. The summed E-state index contributed by atoms with van der Waals surface area (Å²) in [6.07, 6.45) is 0.00338. The minimum absolute atomic E-state index is 0.0823. The fraction of sp³-hybridized carbons (Fsp3) is 0.538. The molecule has 0 aliphatic carbocycles. The summed E-state index contributed by atoms with van der Waals surface area (Å²) >= 11 is 0. The van der Waals surface area contributed by atoms with Crippen LogP contribution in [0.15, 0.2) is 4.79 Å². The molecule has 1 N–H and O–H groups in total. The highest BCUT2D eigenvalue weighted by Gasteiger charge is 2.28. The molecule has 1 amide bonds. The number of hydrogen-bond donors (Lipinski definition) is 1. The highest BCUT2D eigenvalue weighted by molar-refractivity contribution is 5.68. The predicted octanol–water partition coefficient (Wildman–Crippen LogP) is 0.935. The maximum absolute atomic E-state index is 12.0. The average Bonchev–Trinajstić information content (AvgIpc) is 2.36. The third-order valence-electron chi connectivity index (χ3n) is 2.91. The van der Waals surface area contributed by atoms with Crippen LogP contribution in [-0.4, -0.2) is 33.3 Å². The lowest BCUT2D eigenvalue weighted by Crippen LogP contribution is -2.41. The molecule has 2 heterocycles. The molecule has 0 bridgehead atoms. The average molecular weight is 276 g/mol. The number of H-pyrrole nitrogens is 1. The number of hydrogen-bond acceptors (Lipinski definition) is 5. The molecule has 1 aliphatic heterocycles. The van der Waals surface area contributed by atoms with Crippen LogP contribution >= 0.6 is 0 Å². The highest BCUT2D eigenvalue weighted by atomic mass is 16.6. The Labute approximate surface area is 116 Å². The Kier molecular flexibility index (Phi) is 3.49.